The smallest absolute Gasteiger partial charge is 0.275 e. The Morgan fingerprint density at radius 2 is 2.27 bits per heavy atom. The van der Waals surface area contributed by atoms with E-state index in [0.29, 0.717) is 5.69 Å². The van der Waals surface area contributed by atoms with E-state index >= 15 is 0 Å². The van der Waals surface area contributed by atoms with Gasteiger partial charge in [-0.15, -0.1) is 0 Å². The van der Waals surface area contributed by atoms with Crippen LogP contribution in [0.25, 0.3) is 11.5 Å². The average molecular weight is 248 g/mol. The molecule has 0 atom stereocenters. The van der Waals surface area contributed by atoms with E-state index in [1.807, 2.05) is 0 Å². The molecule has 0 bridgehead atoms. The predicted molar refractivity (Wildman–Crippen MR) is 51.6 cm³/mol. The molecule has 2 aromatic heterocycles. The van der Waals surface area contributed by atoms with Gasteiger partial charge in [0.2, 0.25) is 5.82 Å². The topological polar surface area (TPSA) is 93.5 Å². The van der Waals surface area contributed by atoms with Crippen LogP contribution in [0, 0.1) is 0 Å². The van der Waals surface area contributed by atoms with Gasteiger partial charge in [-0.2, -0.15) is 15.2 Å². The van der Waals surface area contributed by atoms with Crippen LogP contribution in [0.15, 0.2) is 17.4 Å². The molecule has 2 rings (SSSR count). The molecule has 0 spiro atoms. The second kappa shape index (κ2) is 3.31. The van der Waals surface area contributed by atoms with E-state index < -0.39 is 9.05 Å². The molecule has 0 amide bonds. The standard InChI is InChI=1S/C6H6ClN5O2S/c1-12-3-2-4(11-12)5-8-6(10-9-5)15(7,13)14/h2-3H,1H3,(H,8,9,10). The minimum Gasteiger partial charge on any atom is -0.275 e. The molecule has 0 saturated heterocycles. The highest BCUT2D eigenvalue weighted by molar-refractivity contribution is 8.13. The first-order valence-corrected chi connectivity index (χ1v) is 6.15. The molecular weight excluding hydrogens is 242 g/mol. The predicted octanol–water partition coefficient (Wildman–Crippen LogP) is 0.133. The molecule has 0 aliphatic carbocycles. The zero-order valence-corrected chi connectivity index (χ0v) is 9.12. The first kappa shape index (κ1) is 10.1. The van der Waals surface area contributed by atoms with Gasteiger partial charge in [-0.05, 0) is 6.07 Å². The van der Waals surface area contributed by atoms with Crippen molar-refractivity contribution in [1.29, 1.82) is 0 Å². The third kappa shape index (κ3) is 2.00. The van der Waals surface area contributed by atoms with Gasteiger partial charge < -0.3 is 0 Å². The Morgan fingerprint density at radius 1 is 1.53 bits per heavy atom. The molecule has 0 aliphatic rings. The van der Waals surface area contributed by atoms with Crippen LogP contribution in [0.3, 0.4) is 0 Å². The number of aromatic nitrogens is 5. The third-order valence-corrected chi connectivity index (χ3v) is 2.72. The highest BCUT2D eigenvalue weighted by Gasteiger charge is 2.17. The van der Waals surface area contributed by atoms with Crippen molar-refractivity contribution in [3.8, 4) is 11.5 Å². The van der Waals surface area contributed by atoms with Crippen LogP contribution >= 0.6 is 10.7 Å². The average Bonchev–Trinajstić information content (AvgIpc) is 2.69. The third-order valence-electron chi connectivity index (χ3n) is 1.64. The van der Waals surface area contributed by atoms with E-state index in [0.717, 1.165) is 0 Å². The zero-order chi connectivity index (χ0) is 11.1. The Labute approximate surface area is 89.5 Å². The van der Waals surface area contributed by atoms with E-state index in [1.165, 1.54) is 0 Å². The van der Waals surface area contributed by atoms with E-state index in [9.17, 15) is 8.42 Å². The first-order valence-electron chi connectivity index (χ1n) is 3.84. The number of H-pyrrole nitrogens is 1. The van der Waals surface area contributed by atoms with Crippen molar-refractivity contribution in [2.75, 3.05) is 0 Å². The summed E-state index contributed by atoms with van der Waals surface area (Å²) in [6.45, 7) is 0. The summed E-state index contributed by atoms with van der Waals surface area (Å²) < 4.78 is 23.3. The van der Waals surface area contributed by atoms with Gasteiger partial charge in [0, 0.05) is 23.9 Å². The lowest BCUT2D eigenvalue weighted by Gasteiger charge is -1.86. The van der Waals surface area contributed by atoms with Crippen LogP contribution in [-0.4, -0.2) is 33.4 Å². The number of hydrogen-bond donors (Lipinski definition) is 1. The van der Waals surface area contributed by atoms with Gasteiger partial charge in [-0.1, -0.05) is 0 Å². The van der Waals surface area contributed by atoms with E-state index in [4.69, 9.17) is 10.7 Å². The van der Waals surface area contributed by atoms with Crippen molar-refractivity contribution in [3.05, 3.63) is 12.3 Å². The van der Waals surface area contributed by atoms with Gasteiger partial charge >= 0.3 is 0 Å². The Kier molecular flexibility index (Phi) is 2.24. The van der Waals surface area contributed by atoms with E-state index in [2.05, 4.69) is 20.3 Å². The number of aromatic amines is 1. The fraction of sp³-hybridized carbons (Fsp3) is 0.167. The van der Waals surface area contributed by atoms with E-state index in [-0.39, 0.29) is 11.0 Å². The molecule has 15 heavy (non-hydrogen) atoms. The molecule has 2 aromatic rings. The lowest BCUT2D eigenvalue weighted by atomic mass is 10.4. The monoisotopic (exact) mass is 247 g/mol. The molecule has 1 N–H and O–H groups in total. The normalized spacial score (nSPS) is 11.9. The molecule has 0 aromatic carbocycles. The second-order valence-corrected chi connectivity index (χ2v) is 5.26. The summed E-state index contributed by atoms with van der Waals surface area (Å²) in [4.78, 5) is 3.70. The van der Waals surface area contributed by atoms with Crippen LogP contribution in [-0.2, 0) is 16.1 Å². The molecule has 9 heteroatoms. The lowest BCUT2D eigenvalue weighted by Crippen LogP contribution is -1.93. The highest BCUT2D eigenvalue weighted by atomic mass is 35.7. The largest absolute Gasteiger partial charge is 0.296 e. The number of aryl methyl sites for hydroxylation is 1. The van der Waals surface area contributed by atoms with Gasteiger partial charge in [0.05, 0.1) is 0 Å². The summed E-state index contributed by atoms with van der Waals surface area (Å²) in [5.74, 6) is 0.190. The van der Waals surface area contributed by atoms with Crippen LogP contribution in [0.1, 0.15) is 0 Å². The van der Waals surface area contributed by atoms with Crippen LogP contribution < -0.4 is 0 Å². The van der Waals surface area contributed by atoms with Gasteiger partial charge in [0.1, 0.15) is 5.69 Å². The maximum absolute atomic E-state index is 10.9. The van der Waals surface area contributed by atoms with Crippen LogP contribution in [0.5, 0.6) is 0 Å². The SMILES string of the molecule is Cn1ccc(-c2n[nH]c(S(=O)(=O)Cl)n2)n1. The number of halogens is 1. The summed E-state index contributed by atoms with van der Waals surface area (Å²) >= 11 is 0. The highest BCUT2D eigenvalue weighted by Crippen LogP contribution is 2.15. The van der Waals surface area contributed by atoms with Crippen LogP contribution in [0.4, 0.5) is 0 Å². The van der Waals surface area contributed by atoms with Gasteiger partial charge in [-0.3, -0.25) is 4.68 Å². The molecule has 0 radical (unpaired) electrons. The maximum atomic E-state index is 10.9. The fourth-order valence-electron chi connectivity index (χ4n) is 1.00. The summed E-state index contributed by atoms with van der Waals surface area (Å²) in [6.07, 6.45) is 1.70. The van der Waals surface area contributed by atoms with Gasteiger partial charge in [0.15, 0.2) is 0 Å². The molecular formula is C6H6ClN5O2S. The van der Waals surface area contributed by atoms with Gasteiger partial charge in [0.25, 0.3) is 14.2 Å². The molecule has 7 nitrogen and oxygen atoms in total. The molecule has 80 valence electrons. The van der Waals surface area contributed by atoms with Crippen molar-refractivity contribution in [3.63, 3.8) is 0 Å². The Bertz CT molecular complexity index is 586. The summed E-state index contributed by atoms with van der Waals surface area (Å²) in [6, 6.07) is 1.66. The molecule has 2 heterocycles. The summed E-state index contributed by atoms with van der Waals surface area (Å²) in [5.41, 5.74) is 0.473. The van der Waals surface area contributed by atoms with Crippen molar-refractivity contribution >= 4 is 19.7 Å². The number of hydrogen-bond acceptors (Lipinski definition) is 5. The molecule has 0 saturated carbocycles. The van der Waals surface area contributed by atoms with Crippen molar-refractivity contribution in [1.82, 2.24) is 25.0 Å². The Morgan fingerprint density at radius 3 is 2.73 bits per heavy atom. The Balaban J connectivity index is 2.44. The fourth-order valence-corrected chi connectivity index (χ4v) is 1.56. The summed E-state index contributed by atoms with van der Waals surface area (Å²) in [5, 5.41) is 9.54. The minimum atomic E-state index is -3.87. The van der Waals surface area contributed by atoms with Crippen molar-refractivity contribution in [2.24, 2.45) is 7.05 Å². The minimum absolute atomic E-state index is 0.190. The van der Waals surface area contributed by atoms with Crippen molar-refractivity contribution in [2.45, 2.75) is 5.16 Å². The number of rotatable bonds is 2. The number of nitrogens with zero attached hydrogens (tertiary/aromatic N) is 4. The summed E-state index contributed by atoms with van der Waals surface area (Å²) in [7, 11) is 2.93. The van der Waals surface area contributed by atoms with Gasteiger partial charge in [-0.25, -0.2) is 13.5 Å². The molecule has 0 unspecified atom stereocenters. The maximum Gasteiger partial charge on any atom is 0.296 e. The second-order valence-electron chi connectivity index (χ2n) is 2.78. The quantitative estimate of drug-likeness (QED) is 0.762. The first-order chi connectivity index (χ1) is 6.97. The van der Waals surface area contributed by atoms with Crippen LogP contribution in [0.2, 0.25) is 0 Å². The van der Waals surface area contributed by atoms with E-state index in [1.54, 1.807) is 24.0 Å². The zero-order valence-electron chi connectivity index (χ0n) is 7.55. The molecule has 0 aliphatic heterocycles. The molecule has 0 fully saturated rings. The lowest BCUT2D eigenvalue weighted by molar-refractivity contribution is 0.602. The Hall–Kier alpha value is -1.41. The number of nitrogens with one attached hydrogen (secondary N) is 1. The van der Waals surface area contributed by atoms with Crippen molar-refractivity contribution < 1.29 is 8.42 Å².